The number of ether oxygens (including phenoxy) is 2. The van der Waals surface area contributed by atoms with Gasteiger partial charge in [-0.15, -0.1) is 0 Å². The smallest absolute Gasteiger partial charge is 0.344 e. The van der Waals surface area contributed by atoms with E-state index < -0.39 is 36.9 Å². The lowest BCUT2D eigenvalue weighted by molar-refractivity contribution is -0.150. The quantitative estimate of drug-likeness (QED) is 0.750. The molecule has 0 radical (unpaired) electrons. The Hall–Kier alpha value is -2.64. The van der Waals surface area contributed by atoms with Gasteiger partial charge in [0.1, 0.15) is 11.6 Å². The summed E-state index contributed by atoms with van der Waals surface area (Å²) in [5.41, 5.74) is 0. The minimum Gasteiger partial charge on any atom is -0.482 e. The lowest BCUT2D eigenvalue weighted by Crippen LogP contribution is -2.41. The van der Waals surface area contributed by atoms with Crippen molar-refractivity contribution in [3.8, 4) is 5.75 Å². The fourth-order valence-corrected chi connectivity index (χ4v) is 1.23. The third-order valence-electron chi connectivity index (χ3n) is 2.12. The summed E-state index contributed by atoms with van der Waals surface area (Å²) in [5.74, 6) is -1.67. The predicted molar refractivity (Wildman–Crippen MR) is 70.1 cm³/mol. The summed E-state index contributed by atoms with van der Waals surface area (Å²) >= 11 is 0. The lowest BCUT2D eigenvalue weighted by Gasteiger charge is -2.07. The summed E-state index contributed by atoms with van der Waals surface area (Å²) in [4.78, 5) is 33.5. The lowest BCUT2D eigenvalue weighted by atomic mass is 10.3. The molecule has 0 heterocycles. The summed E-state index contributed by atoms with van der Waals surface area (Å²) in [6, 6.07) is 4.40. The maximum Gasteiger partial charge on any atom is 0.344 e. The Balaban J connectivity index is 2.23. The minimum atomic E-state index is -0.787. The second-order valence-corrected chi connectivity index (χ2v) is 3.81. The van der Waals surface area contributed by atoms with Gasteiger partial charge in [0.15, 0.2) is 13.2 Å². The number of nitrogens with one attached hydrogen (secondary N) is 2. The summed E-state index contributed by atoms with van der Waals surface area (Å²) in [6.07, 6.45) is 0. The van der Waals surface area contributed by atoms with Crippen molar-refractivity contribution in [3.05, 3.63) is 30.1 Å². The molecule has 0 aromatic heterocycles. The molecule has 1 rings (SSSR count). The van der Waals surface area contributed by atoms with Crippen molar-refractivity contribution in [3.63, 3.8) is 0 Å². The van der Waals surface area contributed by atoms with E-state index in [1.165, 1.54) is 24.3 Å². The van der Waals surface area contributed by atoms with E-state index in [0.29, 0.717) is 12.3 Å². The van der Waals surface area contributed by atoms with E-state index >= 15 is 0 Å². The fourth-order valence-electron chi connectivity index (χ4n) is 1.23. The van der Waals surface area contributed by atoms with Crippen molar-refractivity contribution in [2.75, 3.05) is 19.8 Å². The van der Waals surface area contributed by atoms with Crippen LogP contribution >= 0.6 is 0 Å². The molecule has 1 aromatic rings. The second kappa shape index (κ2) is 8.51. The van der Waals surface area contributed by atoms with Crippen molar-refractivity contribution < 1.29 is 28.2 Å². The van der Waals surface area contributed by atoms with Crippen molar-refractivity contribution >= 4 is 17.9 Å². The number of benzene rings is 1. The number of carbonyl (C=O) groups excluding carboxylic acids is 3. The molecular formula is C13H15FN2O5. The SMILES string of the molecule is CCNC(=O)NC(=O)COC(=O)COc1ccc(F)cc1. The van der Waals surface area contributed by atoms with Gasteiger partial charge >= 0.3 is 12.0 Å². The number of imide groups is 1. The molecule has 0 saturated heterocycles. The van der Waals surface area contributed by atoms with E-state index in [1.807, 2.05) is 5.32 Å². The average Bonchev–Trinajstić information content (AvgIpc) is 2.44. The summed E-state index contributed by atoms with van der Waals surface area (Å²) in [6.45, 7) is 1.03. The van der Waals surface area contributed by atoms with Crippen LogP contribution in [-0.4, -0.2) is 37.7 Å². The normalized spacial score (nSPS) is 9.62. The Morgan fingerprint density at radius 3 is 2.43 bits per heavy atom. The maximum absolute atomic E-state index is 12.6. The highest BCUT2D eigenvalue weighted by Crippen LogP contribution is 2.10. The maximum atomic E-state index is 12.6. The molecule has 0 spiro atoms. The summed E-state index contributed by atoms with van der Waals surface area (Å²) in [7, 11) is 0. The average molecular weight is 298 g/mol. The van der Waals surface area contributed by atoms with E-state index in [4.69, 9.17) is 4.74 Å². The molecule has 21 heavy (non-hydrogen) atoms. The molecule has 3 amide bonds. The predicted octanol–water partition coefficient (Wildman–Crippen LogP) is 0.593. The topological polar surface area (TPSA) is 93.7 Å². The van der Waals surface area contributed by atoms with Crippen molar-refractivity contribution in [1.29, 1.82) is 0 Å². The number of hydrogen-bond acceptors (Lipinski definition) is 5. The first-order valence-corrected chi connectivity index (χ1v) is 6.13. The molecule has 2 N–H and O–H groups in total. The first kappa shape index (κ1) is 16.4. The minimum absolute atomic E-state index is 0.292. The van der Waals surface area contributed by atoms with Gasteiger partial charge in [-0.3, -0.25) is 10.1 Å². The van der Waals surface area contributed by atoms with E-state index in [0.717, 1.165) is 0 Å². The highest BCUT2D eigenvalue weighted by Gasteiger charge is 2.10. The van der Waals surface area contributed by atoms with Crippen LogP contribution in [0.4, 0.5) is 9.18 Å². The molecule has 114 valence electrons. The van der Waals surface area contributed by atoms with Crippen LogP contribution in [0, 0.1) is 5.82 Å². The summed E-state index contributed by atoms with van der Waals surface area (Å²) in [5, 5.41) is 4.32. The van der Waals surface area contributed by atoms with E-state index in [2.05, 4.69) is 10.1 Å². The van der Waals surface area contributed by atoms with Gasteiger partial charge in [0.25, 0.3) is 5.91 Å². The first-order chi connectivity index (χ1) is 10.0. The van der Waals surface area contributed by atoms with Crippen molar-refractivity contribution in [2.45, 2.75) is 6.92 Å². The van der Waals surface area contributed by atoms with Gasteiger partial charge in [-0.2, -0.15) is 0 Å². The van der Waals surface area contributed by atoms with Crippen LogP contribution in [-0.2, 0) is 14.3 Å². The van der Waals surface area contributed by atoms with Gasteiger partial charge in [0, 0.05) is 6.54 Å². The van der Waals surface area contributed by atoms with E-state index in [9.17, 15) is 18.8 Å². The fraction of sp³-hybridized carbons (Fsp3) is 0.308. The van der Waals surface area contributed by atoms with Crippen LogP contribution in [0.2, 0.25) is 0 Å². The second-order valence-electron chi connectivity index (χ2n) is 3.81. The zero-order valence-corrected chi connectivity index (χ0v) is 11.3. The van der Waals surface area contributed by atoms with Crippen LogP contribution in [0.1, 0.15) is 6.92 Å². The highest BCUT2D eigenvalue weighted by atomic mass is 19.1. The zero-order chi connectivity index (χ0) is 15.7. The molecule has 0 bridgehead atoms. The number of urea groups is 1. The Bertz CT molecular complexity index is 504. The van der Waals surface area contributed by atoms with Crippen LogP contribution in [0.25, 0.3) is 0 Å². The Morgan fingerprint density at radius 1 is 1.14 bits per heavy atom. The van der Waals surface area contributed by atoms with E-state index in [-0.39, 0.29) is 0 Å². The van der Waals surface area contributed by atoms with Crippen LogP contribution in [0.3, 0.4) is 0 Å². The monoisotopic (exact) mass is 298 g/mol. The Labute approximate surface area is 120 Å². The number of carbonyl (C=O) groups is 3. The van der Waals surface area contributed by atoms with Crippen molar-refractivity contribution in [2.24, 2.45) is 0 Å². The van der Waals surface area contributed by atoms with Crippen molar-refractivity contribution in [1.82, 2.24) is 10.6 Å². The van der Waals surface area contributed by atoms with Crippen LogP contribution < -0.4 is 15.4 Å². The third-order valence-corrected chi connectivity index (χ3v) is 2.12. The molecule has 0 unspecified atom stereocenters. The number of rotatable bonds is 6. The first-order valence-electron chi connectivity index (χ1n) is 6.13. The number of amides is 3. The molecule has 0 saturated carbocycles. The molecule has 8 heteroatoms. The molecule has 7 nitrogen and oxygen atoms in total. The third kappa shape index (κ3) is 6.90. The highest BCUT2D eigenvalue weighted by molar-refractivity contribution is 5.95. The standard InChI is InChI=1S/C13H15FN2O5/c1-2-15-13(19)16-11(17)7-21-12(18)8-20-10-5-3-9(14)4-6-10/h3-6H,2,7-8H2,1H3,(H2,15,16,17,19). The number of halogens is 1. The van der Waals surface area contributed by atoms with Gasteiger partial charge in [0.05, 0.1) is 0 Å². The van der Waals surface area contributed by atoms with Gasteiger partial charge < -0.3 is 14.8 Å². The van der Waals surface area contributed by atoms with Gasteiger partial charge in [-0.25, -0.2) is 14.0 Å². The molecule has 0 aliphatic heterocycles. The molecule has 0 fully saturated rings. The van der Waals surface area contributed by atoms with Crippen LogP contribution in [0.15, 0.2) is 24.3 Å². The zero-order valence-electron chi connectivity index (χ0n) is 11.3. The van der Waals surface area contributed by atoms with Gasteiger partial charge in [0.2, 0.25) is 0 Å². The molecule has 0 atom stereocenters. The molecular weight excluding hydrogens is 283 g/mol. The Morgan fingerprint density at radius 2 is 1.81 bits per heavy atom. The van der Waals surface area contributed by atoms with Gasteiger partial charge in [-0.1, -0.05) is 0 Å². The molecule has 0 aliphatic rings. The number of esters is 1. The van der Waals surface area contributed by atoms with Gasteiger partial charge in [-0.05, 0) is 31.2 Å². The van der Waals surface area contributed by atoms with Crippen LogP contribution in [0.5, 0.6) is 5.75 Å². The van der Waals surface area contributed by atoms with E-state index in [1.54, 1.807) is 6.92 Å². The molecule has 1 aromatic carbocycles. The largest absolute Gasteiger partial charge is 0.482 e. The number of hydrogen-bond donors (Lipinski definition) is 2. The Kier molecular flexibility index (Phi) is 6.66. The summed E-state index contributed by atoms with van der Waals surface area (Å²) < 4.78 is 22.3. The molecule has 0 aliphatic carbocycles.